The molecule has 2 aliphatic heterocycles. The second-order valence-corrected chi connectivity index (χ2v) is 8.54. The van der Waals surface area contributed by atoms with Crippen LogP contribution in [0.25, 0.3) is 0 Å². The number of rotatable bonds is 7. The van der Waals surface area contributed by atoms with Crippen molar-refractivity contribution < 1.29 is 19.0 Å². The Morgan fingerprint density at radius 1 is 1.23 bits per heavy atom. The molecule has 0 unspecified atom stereocenters. The van der Waals surface area contributed by atoms with Crippen LogP contribution in [0.2, 0.25) is 0 Å². The molecule has 0 radical (unpaired) electrons. The molecule has 4 rings (SSSR count). The van der Waals surface area contributed by atoms with E-state index < -0.39 is 0 Å². The zero-order chi connectivity index (χ0) is 21.7. The molecule has 1 spiro atoms. The molecule has 2 heterocycles. The lowest BCUT2D eigenvalue weighted by molar-refractivity contribution is -0.159. The zero-order valence-corrected chi connectivity index (χ0v) is 18.4. The maximum absolute atomic E-state index is 12.8. The number of likely N-dealkylation sites (tertiary alicyclic amines) is 1. The number of ether oxygens (including phenoxy) is 3. The Hall–Kier alpha value is -2.41. The molecule has 166 valence electrons. The van der Waals surface area contributed by atoms with Crippen LogP contribution in [0.5, 0.6) is 5.75 Å². The van der Waals surface area contributed by atoms with E-state index in [4.69, 9.17) is 14.2 Å². The van der Waals surface area contributed by atoms with Crippen molar-refractivity contribution in [2.45, 2.75) is 44.5 Å². The molecule has 6 heteroatoms. The summed E-state index contributed by atoms with van der Waals surface area (Å²) >= 11 is 0. The molecule has 0 bridgehead atoms. The molecule has 2 aromatic carbocycles. The van der Waals surface area contributed by atoms with Crippen molar-refractivity contribution >= 4 is 11.6 Å². The highest BCUT2D eigenvalue weighted by Crippen LogP contribution is 2.38. The van der Waals surface area contributed by atoms with Crippen molar-refractivity contribution in [3.63, 3.8) is 0 Å². The Balaban J connectivity index is 1.39. The van der Waals surface area contributed by atoms with E-state index in [2.05, 4.69) is 22.3 Å². The van der Waals surface area contributed by atoms with E-state index in [1.807, 2.05) is 43.3 Å². The van der Waals surface area contributed by atoms with Crippen molar-refractivity contribution in [2.24, 2.45) is 0 Å². The summed E-state index contributed by atoms with van der Waals surface area (Å²) in [5.74, 6) is 0.619. The fourth-order valence-electron chi connectivity index (χ4n) is 4.60. The number of anilines is 1. The fourth-order valence-corrected chi connectivity index (χ4v) is 4.60. The minimum Gasteiger partial charge on any atom is -0.495 e. The third-order valence-corrected chi connectivity index (χ3v) is 6.29. The van der Waals surface area contributed by atoms with Gasteiger partial charge in [-0.05, 0) is 49.4 Å². The lowest BCUT2D eigenvalue weighted by Gasteiger charge is -2.44. The van der Waals surface area contributed by atoms with Crippen LogP contribution < -0.4 is 10.1 Å². The summed E-state index contributed by atoms with van der Waals surface area (Å²) in [6.07, 6.45) is 2.92. The number of hydrogen-bond acceptors (Lipinski definition) is 5. The minimum atomic E-state index is -0.221. The van der Waals surface area contributed by atoms with E-state index in [-0.39, 0.29) is 17.6 Å². The minimum absolute atomic E-state index is 0.0472. The second kappa shape index (κ2) is 9.81. The van der Waals surface area contributed by atoms with Gasteiger partial charge in [-0.25, -0.2) is 0 Å². The maximum atomic E-state index is 12.8. The SMILES string of the molecule is COc1ccc(C)cc1NC(=O)CN1CC[C@]2(CCCO2)[C@@H](OCc2ccccc2)C1. The first-order valence-corrected chi connectivity index (χ1v) is 11.0. The van der Waals surface area contributed by atoms with Gasteiger partial charge in [-0.1, -0.05) is 36.4 Å². The highest BCUT2D eigenvalue weighted by atomic mass is 16.6. The van der Waals surface area contributed by atoms with E-state index in [1.165, 1.54) is 0 Å². The zero-order valence-electron chi connectivity index (χ0n) is 18.4. The van der Waals surface area contributed by atoms with Gasteiger partial charge in [-0.3, -0.25) is 9.69 Å². The summed E-state index contributed by atoms with van der Waals surface area (Å²) < 4.78 is 18.0. The third kappa shape index (κ3) is 5.26. The van der Waals surface area contributed by atoms with E-state index in [1.54, 1.807) is 7.11 Å². The average molecular weight is 425 g/mol. The van der Waals surface area contributed by atoms with Crippen LogP contribution in [-0.2, 0) is 20.9 Å². The molecule has 0 aromatic heterocycles. The Bertz CT molecular complexity index is 880. The molecular formula is C25H32N2O4. The number of carbonyl (C=O) groups is 1. The first-order chi connectivity index (χ1) is 15.1. The Morgan fingerprint density at radius 2 is 2.06 bits per heavy atom. The molecule has 1 amide bonds. The van der Waals surface area contributed by atoms with Gasteiger partial charge in [0.05, 0.1) is 37.7 Å². The average Bonchev–Trinajstić information content (AvgIpc) is 3.24. The molecular weight excluding hydrogens is 392 g/mol. The highest BCUT2D eigenvalue weighted by molar-refractivity contribution is 5.93. The predicted molar refractivity (Wildman–Crippen MR) is 120 cm³/mol. The number of carbonyl (C=O) groups excluding carboxylic acids is 1. The Morgan fingerprint density at radius 3 is 2.81 bits per heavy atom. The van der Waals surface area contributed by atoms with Crippen molar-refractivity contribution in [2.75, 3.05) is 38.7 Å². The van der Waals surface area contributed by atoms with E-state index >= 15 is 0 Å². The topological polar surface area (TPSA) is 60.0 Å². The summed E-state index contributed by atoms with van der Waals surface area (Å²) in [5, 5.41) is 3.01. The van der Waals surface area contributed by atoms with Crippen LogP contribution in [-0.4, -0.2) is 55.9 Å². The molecule has 31 heavy (non-hydrogen) atoms. The molecule has 2 aliphatic rings. The Labute approximate surface area is 184 Å². The number of nitrogens with one attached hydrogen (secondary N) is 1. The van der Waals surface area contributed by atoms with Crippen LogP contribution in [0.4, 0.5) is 5.69 Å². The highest BCUT2D eigenvalue weighted by Gasteiger charge is 2.47. The number of benzene rings is 2. The number of piperidine rings is 1. The van der Waals surface area contributed by atoms with Gasteiger partial charge in [-0.15, -0.1) is 0 Å². The van der Waals surface area contributed by atoms with Gasteiger partial charge in [0.1, 0.15) is 5.75 Å². The van der Waals surface area contributed by atoms with Gasteiger partial charge < -0.3 is 19.5 Å². The quantitative estimate of drug-likeness (QED) is 0.733. The fraction of sp³-hybridized carbons (Fsp3) is 0.480. The van der Waals surface area contributed by atoms with E-state index in [0.29, 0.717) is 31.1 Å². The first kappa shape index (κ1) is 21.8. The Kier molecular flexibility index (Phi) is 6.90. The largest absolute Gasteiger partial charge is 0.495 e. The normalized spacial score (nSPS) is 23.7. The summed E-state index contributed by atoms with van der Waals surface area (Å²) in [7, 11) is 1.61. The molecule has 2 fully saturated rings. The van der Waals surface area contributed by atoms with Crippen molar-refractivity contribution in [1.82, 2.24) is 4.90 Å². The summed E-state index contributed by atoms with van der Waals surface area (Å²) in [6, 6.07) is 16.0. The lowest BCUT2D eigenvalue weighted by atomic mass is 9.85. The molecule has 0 aliphatic carbocycles. The summed E-state index contributed by atoms with van der Waals surface area (Å²) in [4.78, 5) is 14.9. The molecule has 2 atom stereocenters. The van der Waals surface area contributed by atoms with Gasteiger partial charge in [0.2, 0.25) is 5.91 Å². The predicted octanol–water partition coefficient (Wildman–Crippen LogP) is 3.78. The third-order valence-electron chi connectivity index (χ3n) is 6.29. The van der Waals surface area contributed by atoms with Crippen molar-refractivity contribution in [3.05, 3.63) is 59.7 Å². The van der Waals surface area contributed by atoms with Gasteiger partial charge >= 0.3 is 0 Å². The standard InChI is InChI=1S/C25H32N2O4/c1-19-9-10-22(29-2)21(15-19)26-24(28)17-27-13-12-25(11-6-14-31-25)23(16-27)30-18-20-7-4-3-5-8-20/h3-5,7-10,15,23H,6,11-14,16-18H2,1-2H3,(H,26,28)/t23-,25+/m0/s1. The van der Waals surface area contributed by atoms with Crippen LogP contribution in [0.15, 0.2) is 48.5 Å². The number of methoxy groups -OCH3 is 1. The van der Waals surface area contributed by atoms with Crippen LogP contribution in [0.3, 0.4) is 0 Å². The number of aryl methyl sites for hydroxylation is 1. The van der Waals surface area contributed by atoms with Crippen LogP contribution in [0.1, 0.15) is 30.4 Å². The number of hydrogen-bond donors (Lipinski definition) is 1. The van der Waals surface area contributed by atoms with Gasteiger partial charge in [-0.2, -0.15) is 0 Å². The first-order valence-electron chi connectivity index (χ1n) is 11.0. The lowest BCUT2D eigenvalue weighted by Crippen LogP contribution is -2.57. The summed E-state index contributed by atoms with van der Waals surface area (Å²) in [6.45, 7) is 5.17. The molecule has 0 saturated carbocycles. The number of amides is 1. The van der Waals surface area contributed by atoms with Gasteiger partial charge in [0.25, 0.3) is 0 Å². The molecule has 2 aromatic rings. The number of nitrogens with zero attached hydrogens (tertiary/aromatic N) is 1. The summed E-state index contributed by atoms with van der Waals surface area (Å²) in [5.41, 5.74) is 2.71. The molecule has 6 nitrogen and oxygen atoms in total. The maximum Gasteiger partial charge on any atom is 0.238 e. The smallest absolute Gasteiger partial charge is 0.238 e. The van der Waals surface area contributed by atoms with Crippen LogP contribution >= 0.6 is 0 Å². The van der Waals surface area contributed by atoms with E-state index in [0.717, 1.165) is 43.5 Å². The monoisotopic (exact) mass is 424 g/mol. The molecule has 2 saturated heterocycles. The van der Waals surface area contributed by atoms with Crippen molar-refractivity contribution in [1.29, 1.82) is 0 Å². The van der Waals surface area contributed by atoms with Gasteiger partial charge in [0, 0.05) is 19.7 Å². The van der Waals surface area contributed by atoms with E-state index in [9.17, 15) is 4.79 Å². The second-order valence-electron chi connectivity index (χ2n) is 8.54. The van der Waals surface area contributed by atoms with Crippen LogP contribution in [0, 0.1) is 6.92 Å². The van der Waals surface area contributed by atoms with Gasteiger partial charge in [0.15, 0.2) is 0 Å². The van der Waals surface area contributed by atoms with Crippen molar-refractivity contribution in [3.8, 4) is 5.75 Å². The molecule has 1 N–H and O–H groups in total.